The highest BCUT2D eigenvalue weighted by molar-refractivity contribution is 4.99. The van der Waals surface area contributed by atoms with Gasteiger partial charge in [0.25, 0.3) is 0 Å². The third-order valence-electron chi connectivity index (χ3n) is 4.35. The molecule has 2 nitrogen and oxygen atoms in total. The van der Waals surface area contributed by atoms with E-state index in [4.69, 9.17) is 5.73 Å². The summed E-state index contributed by atoms with van der Waals surface area (Å²) in [6.45, 7) is 11.3. The monoisotopic (exact) mass is 254 g/mol. The Hall–Kier alpha value is -0.0800. The first kappa shape index (κ1) is 16.0. The number of hydrogen-bond donors (Lipinski definition) is 1. The lowest BCUT2D eigenvalue weighted by atomic mass is 9.86. The number of hydrogen-bond acceptors (Lipinski definition) is 2. The molecule has 0 heterocycles. The van der Waals surface area contributed by atoms with Gasteiger partial charge in [0.1, 0.15) is 0 Å². The average Bonchev–Trinajstić information content (AvgIpc) is 3.13. The van der Waals surface area contributed by atoms with Crippen LogP contribution in [-0.2, 0) is 0 Å². The maximum Gasteiger partial charge on any atom is 0.0334 e. The maximum absolute atomic E-state index is 6.21. The van der Waals surface area contributed by atoms with E-state index in [2.05, 4.69) is 32.6 Å². The molecule has 2 heteroatoms. The SMILES string of the molecule is CCCC(CN)(CCC)N(CCC(C)C)C1CC1. The molecule has 1 fully saturated rings. The lowest BCUT2D eigenvalue weighted by Crippen LogP contribution is -2.55. The van der Waals surface area contributed by atoms with Crippen molar-refractivity contribution in [2.45, 2.75) is 84.2 Å². The zero-order chi connectivity index (χ0) is 13.6. The number of rotatable bonds is 10. The summed E-state index contributed by atoms with van der Waals surface area (Å²) in [5.74, 6) is 0.796. The molecule has 0 bridgehead atoms. The van der Waals surface area contributed by atoms with E-state index in [1.165, 1.54) is 51.5 Å². The molecule has 0 unspecified atom stereocenters. The molecule has 1 aliphatic carbocycles. The van der Waals surface area contributed by atoms with Crippen molar-refractivity contribution in [3.63, 3.8) is 0 Å². The topological polar surface area (TPSA) is 29.3 Å². The second-order valence-electron chi connectivity index (χ2n) is 6.54. The van der Waals surface area contributed by atoms with Crippen LogP contribution in [0.1, 0.15) is 72.6 Å². The van der Waals surface area contributed by atoms with Gasteiger partial charge in [-0.3, -0.25) is 4.90 Å². The van der Waals surface area contributed by atoms with E-state index in [9.17, 15) is 0 Å². The molecular weight excluding hydrogens is 220 g/mol. The van der Waals surface area contributed by atoms with E-state index in [1.807, 2.05) is 0 Å². The van der Waals surface area contributed by atoms with Crippen molar-refractivity contribution in [3.8, 4) is 0 Å². The third kappa shape index (κ3) is 4.24. The molecule has 18 heavy (non-hydrogen) atoms. The fourth-order valence-electron chi connectivity index (χ4n) is 3.25. The van der Waals surface area contributed by atoms with Crippen LogP contribution in [0.15, 0.2) is 0 Å². The van der Waals surface area contributed by atoms with E-state index >= 15 is 0 Å². The number of nitrogens with zero attached hydrogens (tertiary/aromatic N) is 1. The van der Waals surface area contributed by atoms with Crippen LogP contribution in [0.3, 0.4) is 0 Å². The van der Waals surface area contributed by atoms with Crippen molar-refractivity contribution in [1.29, 1.82) is 0 Å². The molecule has 0 radical (unpaired) electrons. The minimum absolute atomic E-state index is 0.291. The van der Waals surface area contributed by atoms with Gasteiger partial charge in [-0.2, -0.15) is 0 Å². The Morgan fingerprint density at radius 2 is 1.72 bits per heavy atom. The van der Waals surface area contributed by atoms with Crippen LogP contribution in [0.5, 0.6) is 0 Å². The molecule has 0 spiro atoms. The quantitative estimate of drug-likeness (QED) is 0.642. The zero-order valence-electron chi connectivity index (χ0n) is 13.0. The van der Waals surface area contributed by atoms with Gasteiger partial charge in [-0.1, -0.05) is 40.5 Å². The average molecular weight is 254 g/mol. The molecule has 2 N–H and O–H groups in total. The van der Waals surface area contributed by atoms with Crippen LogP contribution in [0, 0.1) is 5.92 Å². The summed E-state index contributed by atoms with van der Waals surface area (Å²) in [5, 5.41) is 0. The van der Waals surface area contributed by atoms with Gasteiger partial charge in [0.05, 0.1) is 0 Å². The minimum atomic E-state index is 0.291. The van der Waals surface area contributed by atoms with Crippen LogP contribution in [0.4, 0.5) is 0 Å². The standard InChI is InChI=1S/C16H34N2/c1-5-10-16(13-17,11-6-2)18(15-7-8-15)12-9-14(3)4/h14-15H,5-13,17H2,1-4H3. The molecule has 0 atom stereocenters. The van der Waals surface area contributed by atoms with Crippen molar-refractivity contribution in [2.24, 2.45) is 11.7 Å². The Labute approximate surface area is 114 Å². The molecular formula is C16H34N2. The second kappa shape index (κ2) is 7.49. The molecule has 0 saturated heterocycles. The summed E-state index contributed by atoms with van der Waals surface area (Å²) in [5.41, 5.74) is 6.50. The van der Waals surface area contributed by atoms with Gasteiger partial charge in [-0.15, -0.1) is 0 Å². The predicted octanol–water partition coefficient (Wildman–Crippen LogP) is 3.79. The first-order valence-electron chi connectivity index (χ1n) is 8.06. The molecule has 108 valence electrons. The molecule has 1 rings (SSSR count). The highest BCUT2D eigenvalue weighted by Gasteiger charge is 2.41. The van der Waals surface area contributed by atoms with Gasteiger partial charge in [0.15, 0.2) is 0 Å². The fourth-order valence-corrected chi connectivity index (χ4v) is 3.25. The van der Waals surface area contributed by atoms with Gasteiger partial charge in [-0.25, -0.2) is 0 Å². The summed E-state index contributed by atoms with van der Waals surface area (Å²) in [6, 6.07) is 0.838. The summed E-state index contributed by atoms with van der Waals surface area (Å²) in [7, 11) is 0. The van der Waals surface area contributed by atoms with E-state index in [-0.39, 0.29) is 0 Å². The Balaban J connectivity index is 2.74. The van der Waals surface area contributed by atoms with Crippen LogP contribution in [-0.4, -0.2) is 29.6 Å². The Kier molecular flexibility index (Phi) is 6.65. The Morgan fingerprint density at radius 1 is 1.17 bits per heavy atom. The predicted molar refractivity (Wildman–Crippen MR) is 80.8 cm³/mol. The summed E-state index contributed by atoms with van der Waals surface area (Å²) >= 11 is 0. The van der Waals surface area contributed by atoms with Crippen molar-refractivity contribution < 1.29 is 0 Å². The maximum atomic E-state index is 6.21. The third-order valence-corrected chi connectivity index (χ3v) is 4.35. The van der Waals surface area contributed by atoms with Crippen molar-refractivity contribution in [2.75, 3.05) is 13.1 Å². The van der Waals surface area contributed by atoms with Gasteiger partial charge >= 0.3 is 0 Å². The lowest BCUT2D eigenvalue weighted by Gasteiger charge is -2.44. The highest BCUT2D eigenvalue weighted by Crippen LogP contribution is 2.37. The molecule has 0 aromatic rings. The van der Waals surface area contributed by atoms with Crippen molar-refractivity contribution >= 4 is 0 Å². The number of nitrogens with two attached hydrogens (primary N) is 1. The minimum Gasteiger partial charge on any atom is -0.329 e. The van der Waals surface area contributed by atoms with Crippen molar-refractivity contribution in [3.05, 3.63) is 0 Å². The van der Waals surface area contributed by atoms with Crippen LogP contribution in [0.25, 0.3) is 0 Å². The molecule has 1 saturated carbocycles. The first-order chi connectivity index (χ1) is 8.59. The Bertz CT molecular complexity index is 215. The zero-order valence-corrected chi connectivity index (χ0v) is 13.0. The van der Waals surface area contributed by atoms with E-state index in [1.54, 1.807) is 0 Å². The molecule has 0 aromatic heterocycles. The molecule has 1 aliphatic rings. The first-order valence-corrected chi connectivity index (χ1v) is 8.06. The fraction of sp³-hybridized carbons (Fsp3) is 1.00. The van der Waals surface area contributed by atoms with Crippen LogP contribution >= 0.6 is 0 Å². The highest BCUT2D eigenvalue weighted by atomic mass is 15.3. The van der Waals surface area contributed by atoms with Crippen LogP contribution < -0.4 is 5.73 Å². The summed E-state index contributed by atoms with van der Waals surface area (Å²) < 4.78 is 0. The van der Waals surface area contributed by atoms with Gasteiger partial charge < -0.3 is 5.73 Å². The Morgan fingerprint density at radius 3 is 2.06 bits per heavy atom. The summed E-state index contributed by atoms with van der Waals surface area (Å²) in [6.07, 6.45) is 9.15. The van der Waals surface area contributed by atoms with E-state index < -0.39 is 0 Å². The van der Waals surface area contributed by atoms with Crippen molar-refractivity contribution in [1.82, 2.24) is 4.90 Å². The molecule has 0 aromatic carbocycles. The summed E-state index contributed by atoms with van der Waals surface area (Å²) in [4.78, 5) is 2.79. The van der Waals surface area contributed by atoms with Crippen LogP contribution in [0.2, 0.25) is 0 Å². The van der Waals surface area contributed by atoms with Gasteiger partial charge in [0, 0.05) is 18.1 Å². The van der Waals surface area contributed by atoms with E-state index in [0.717, 1.165) is 18.5 Å². The lowest BCUT2D eigenvalue weighted by molar-refractivity contribution is 0.0610. The largest absolute Gasteiger partial charge is 0.329 e. The molecule has 0 amide bonds. The van der Waals surface area contributed by atoms with Gasteiger partial charge in [0.2, 0.25) is 0 Å². The second-order valence-corrected chi connectivity index (χ2v) is 6.54. The molecule has 0 aliphatic heterocycles. The van der Waals surface area contributed by atoms with Gasteiger partial charge in [-0.05, 0) is 44.6 Å². The normalized spacial score (nSPS) is 16.8. The van der Waals surface area contributed by atoms with E-state index in [0.29, 0.717) is 5.54 Å². The smallest absolute Gasteiger partial charge is 0.0334 e.